The summed E-state index contributed by atoms with van der Waals surface area (Å²) in [6, 6.07) is 5.42. The van der Waals surface area contributed by atoms with E-state index in [1.54, 1.807) is 12.1 Å². The highest BCUT2D eigenvalue weighted by molar-refractivity contribution is 6.30. The van der Waals surface area contributed by atoms with E-state index in [0.29, 0.717) is 0 Å². The fraction of sp³-hybridized carbons (Fsp3) is 0.538. The van der Waals surface area contributed by atoms with Gasteiger partial charge in [0.2, 0.25) is 0 Å². The van der Waals surface area contributed by atoms with Crippen molar-refractivity contribution in [1.29, 1.82) is 0 Å². The Hall–Kier alpha value is -0.350. The van der Waals surface area contributed by atoms with Crippen LogP contribution in [0.4, 0.5) is 4.39 Å². The molecule has 2 N–H and O–H groups in total. The van der Waals surface area contributed by atoms with Gasteiger partial charge in [-0.3, -0.25) is 4.90 Å². The van der Waals surface area contributed by atoms with Gasteiger partial charge < -0.3 is 5.73 Å². The Balaban J connectivity index is 0.00000162. The van der Waals surface area contributed by atoms with Crippen molar-refractivity contribution < 1.29 is 4.39 Å². The van der Waals surface area contributed by atoms with Crippen LogP contribution in [0.25, 0.3) is 0 Å². The van der Waals surface area contributed by atoms with Gasteiger partial charge in [0, 0.05) is 18.6 Å². The molecule has 2 nitrogen and oxygen atoms in total. The third kappa shape index (κ3) is 3.58. The van der Waals surface area contributed by atoms with Crippen LogP contribution < -0.4 is 5.73 Å². The van der Waals surface area contributed by atoms with E-state index in [4.69, 9.17) is 17.3 Å². The van der Waals surface area contributed by atoms with E-state index in [-0.39, 0.29) is 35.3 Å². The standard InChI is InChI=1S/C13H18ClFN2.ClH/c1-9(17-6-2-3-11(16)8-17)10-4-5-13(15)12(14)7-10;/h4-5,7,9,11H,2-3,6,8,16H2,1H3;1H. The molecule has 1 aromatic carbocycles. The Kier molecular flexibility index (Phi) is 5.86. The summed E-state index contributed by atoms with van der Waals surface area (Å²) in [5, 5.41) is 0.190. The first-order valence-electron chi connectivity index (χ1n) is 6.02. The SMILES string of the molecule is CC(c1ccc(F)c(Cl)c1)N1CCCC(N)C1.Cl. The molecule has 18 heavy (non-hydrogen) atoms. The number of hydrogen-bond donors (Lipinski definition) is 1. The van der Waals surface area contributed by atoms with Crippen molar-refractivity contribution >= 4 is 24.0 Å². The van der Waals surface area contributed by atoms with E-state index in [1.165, 1.54) is 6.07 Å². The van der Waals surface area contributed by atoms with Crippen LogP contribution in [0.5, 0.6) is 0 Å². The molecule has 2 atom stereocenters. The fourth-order valence-corrected chi connectivity index (χ4v) is 2.56. The average Bonchev–Trinajstić information content (AvgIpc) is 2.32. The molecule has 0 amide bonds. The summed E-state index contributed by atoms with van der Waals surface area (Å²) in [6.07, 6.45) is 2.22. The summed E-state index contributed by atoms with van der Waals surface area (Å²) < 4.78 is 13.1. The lowest BCUT2D eigenvalue weighted by molar-refractivity contribution is 0.159. The summed E-state index contributed by atoms with van der Waals surface area (Å²) in [7, 11) is 0. The quantitative estimate of drug-likeness (QED) is 0.905. The monoisotopic (exact) mass is 292 g/mol. The number of nitrogens with two attached hydrogens (primary N) is 1. The minimum atomic E-state index is -0.363. The number of benzene rings is 1. The largest absolute Gasteiger partial charge is 0.327 e. The third-order valence-electron chi connectivity index (χ3n) is 3.46. The summed E-state index contributed by atoms with van der Waals surface area (Å²) in [5.41, 5.74) is 7.01. The van der Waals surface area contributed by atoms with Gasteiger partial charge in [0.25, 0.3) is 0 Å². The summed E-state index contributed by atoms with van der Waals surface area (Å²) in [4.78, 5) is 2.33. The van der Waals surface area contributed by atoms with Crippen molar-refractivity contribution in [2.24, 2.45) is 5.73 Å². The van der Waals surface area contributed by atoms with E-state index < -0.39 is 0 Å². The van der Waals surface area contributed by atoms with E-state index in [0.717, 1.165) is 31.5 Å². The summed E-state index contributed by atoms with van der Waals surface area (Å²) in [6.45, 7) is 4.06. The molecule has 1 aliphatic heterocycles. The van der Waals surface area contributed by atoms with E-state index in [9.17, 15) is 4.39 Å². The highest BCUT2D eigenvalue weighted by atomic mass is 35.5. The van der Waals surface area contributed by atoms with Crippen molar-refractivity contribution in [3.05, 3.63) is 34.6 Å². The minimum absolute atomic E-state index is 0. The van der Waals surface area contributed by atoms with Gasteiger partial charge >= 0.3 is 0 Å². The predicted octanol–water partition coefficient (Wildman–Crippen LogP) is 3.39. The molecule has 1 heterocycles. The third-order valence-corrected chi connectivity index (χ3v) is 3.75. The van der Waals surface area contributed by atoms with E-state index in [1.807, 2.05) is 0 Å². The van der Waals surface area contributed by atoms with Crippen molar-refractivity contribution in [3.63, 3.8) is 0 Å². The van der Waals surface area contributed by atoms with Gasteiger partial charge in [-0.1, -0.05) is 17.7 Å². The second-order valence-corrected chi connectivity index (χ2v) is 5.15. The maximum atomic E-state index is 13.1. The van der Waals surface area contributed by atoms with Crippen LogP contribution in [0.1, 0.15) is 31.4 Å². The van der Waals surface area contributed by atoms with Crippen LogP contribution in [-0.4, -0.2) is 24.0 Å². The molecular weight excluding hydrogens is 274 g/mol. The second-order valence-electron chi connectivity index (χ2n) is 4.75. The van der Waals surface area contributed by atoms with Crippen molar-refractivity contribution in [2.75, 3.05) is 13.1 Å². The second kappa shape index (κ2) is 6.71. The first-order valence-corrected chi connectivity index (χ1v) is 6.40. The van der Waals surface area contributed by atoms with Crippen LogP contribution >= 0.6 is 24.0 Å². The van der Waals surface area contributed by atoms with Gasteiger partial charge in [-0.05, 0) is 44.0 Å². The molecule has 5 heteroatoms. The molecule has 0 spiro atoms. The summed E-state index contributed by atoms with van der Waals surface area (Å²) in [5.74, 6) is -0.363. The fourth-order valence-electron chi connectivity index (χ4n) is 2.38. The molecule has 2 rings (SSSR count). The van der Waals surface area contributed by atoms with Gasteiger partial charge in [-0.2, -0.15) is 0 Å². The topological polar surface area (TPSA) is 29.3 Å². The zero-order valence-electron chi connectivity index (χ0n) is 10.4. The lowest BCUT2D eigenvalue weighted by Gasteiger charge is -2.35. The van der Waals surface area contributed by atoms with Gasteiger partial charge in [-0.25, -0.2) is 4.39 Å². The molecule has 1 aromatic rings. The smallest absolute Gasteiger partial charge is 0.141 e. The Morgan fingerprint density at radius 3 is 2.83 bits per heavy atom. The highest BCUT2D eigenvalue weighted by Gasteiger charge is 2.22. The van der Waals surface area contributed by atoms with Gasteiger partial charge in [0.1, 0.15) is 5.82 Å². The maximum Gasteiger partial charge on any atom is 0.141 e. The molecule has 0 bridgehead atoms. The van der Waals surface area contributed by atoms with Gasteiger partial charge in [0.15, 0.2) is 0 Å². The Labute approximate surface area is 119 Å². The van der Waals surface area contributed by atoms with Crippen LogP contribution in [0.3, 0.4) is 0 Å². The van der Waals surface area contributed by atoms with Crippen LogP contribution in [-0.2, 0) is 0 Å². The zero-order valence-corrected chi connectivity index (χ0v) is 12.0. The molecule has 0 aliphatic carbocycles. The molecule has 1 fully saturated rings. The number of rotatable bonds is 2. The van der Waals surface area contributed by atoms with Crippen LogP contribution in [0.2, 0.25) is 5.02 Å². The first kappa shape index (κ1) is 15.7. The van der Waals surface area contributed by atoms with Gasteiger partial charge in [0.05, 0.1) is 5.02 Å². The number of likely N-dealkylation sites (tertiary alicyclic amines) is 1. The zero-order chi connectivity index (χ0) is 12.4. The molecular formula is C13H19Cl2FN2. The Morgan fingerprint density at radius 2 is 2.22 bits per heavy atom. The highest BCUT2D eigenvalue weighted by Crippen LogP contribution is 2.26. The Bertz CT molecular complexity index is 401. The van der Waals surface area contributed by atoms with Crippen molar-refractivity contribution in [1.82, 2.24) is 4.90 Å². The van der Waals surface area contributed by atoms with Crippen LogP contribution in [0, 0.1) is 5.82 Å². The molecule has 1 aliphatic rings. The molecule has 2 unspecified atom stereocenters. The predicted molar refractivity (Wildman–Crippen MR) is 75.9 cm³/mol. The first-order chi connectivity index (χ1) is 8.08. The number of piperidine rings is 1. The lowest BCUT2D eigenvalue weighted by Crippen LogP contribution is -2.43. The molecule has 0 aromatic heterocycles. The lowest BCUT2D eigenvalue weighted by atomic mass is 10.0. The summed E-state index contributed by atoms with van der Waals surface area (Å²) >= 11 is 5.81. The average molecular weight is 293 g/mol. The molecule has 0 radical (unpaired) electrons. The van der Waals surface area contributed by atoms with Crippen molar-refractivity contribution in [3.8, 4) is 0 Å². The number of halogens is 3. The molecule has 102 valence electrons. The van der Waals surface area contributed by atoms with E-state index >= 15 is 0 Å². The normalized spacial score (nSPS) is 22.3. The van der Waals surface area contributed by atoms with Crippen molar-refractivity contribution in [2.45, 2.75) is 31.8 Å². The van der Waals surface area contributed by atoms with Crippen LogP contribution in [0.15, 0.2) is 18.2 Å². The Morgan fingerprint density at radius 1 is 1.50 bits per heavy atom. The minimum Gasteiger partial charge on any atom is -0.327 e. The molecule has 1 saturated heterocycles. The number of nitrogens with zero attached hydrogens (tertiary/aromatic N) is 1. The maximum absolute atomic E-state index is 13.1. The molecule has 0 saturated carbocycles. The van der Waals surface area contributed by atoms with Gasteiger partial charge in [-0.15, -0.1) is 12.4 Å². The van der Waals surface area contributed by atoms with E-state index in [2.05, 4.69) is 11.8 Å². The number of hydrogen-bond acceptors (Lipinski definition) is 2.